The summed E-state index contributed by atoms with van der Waals surface area (Å²) in [5.41, 5.74) is 0.299. The number of carbonyl (C=O) groups is 3. The number of carbonyl (C=O) groups excluding carboxylic acids is 2. The molecule has 1 N–H and O–H groups in total. The molecule has 3 aliphatic rings. The number of hydrogen-bond acceptors (Lipinski definition) is 4. The zero-order valence-electron chi connectivity index (χ0n) is 13.4. The van der Waals surface area contributed by atoms with E-state index >= 15 is 0 Å². The van der Waals surface area contributed by atoms with Gasteiger partial charge in [-0.1, -0.05) is 18.6 Å². The summed E-state index contributed by atoms with van der Waals surface area (Å²) in [7, 11) is 0. The van der Waals surface area contributed by atoms with Gasteiger partial charge in [0.05, 0.1) is 16.5 Å². The molecule has 0 bridgehead atoms. The lowest BCUT2D eigenvalue weighted by Crippen LogP contribution is -2.39. The van der Waals surface area contributed by atoms with E-state index in [1.807, 2.05) is 0 Å². The molecule has 1 saturated carbocycles. The smallest absolute Gasteiger partial charge is 0.311 e. The SMILES string of the molecule is O=C1c2ccccc2C(=O)N1CCN1C[C@@H]2CCC[C@@]2(C(=O)O)C1. The fraction of sp³-hybridized carbons (Fsp3) is 0.500. The highest BCUT2D eigenvalue weighted by atomic mass is 16.4. The first-order valence-corrected chi connectivity index (χ1v) is 8.44. The van der Waals surface area contributed by atoms with Gasteiger partial charge in [-0.2, -0.15) is 0 Å². The summed E-state index contributed by atoms with van der Waals surface area (Å²) in [4.78, 5) is 39.8. The van der Waals surface area contributed by atoms with Crippen molar-refractivity contribution in [3.63, 3.8) is 0 Å². The number of fused-ring (bicyclic) bond motifs is 2. The van der Waals surface area contributed by atoms with Crippen LogP contribution in [0.3, 0.4) is 0 Å². The van der Waals surface area contributed by atoms with Crippen LogP contribution in [0, 0.1) is 11.3 Å². The van der Waals surface area contributed by atoms with Crippen molar-refractivity contribution in [2.45, 2.75) is 19.3 Å². The van der Waals surface area contributed by atoms with Crippen molar-refractivity contribution in [3.8, 4) is 0 Å². The predicted molar refractivity (Wildman–Crippen MR) is 85.7 cm³/mol. The maximum Gasteiger partial charge on any atom is 0.311 e. The molecule has 6 heteroatoms. The van der Waals surface area contributed by atoms with E-state index in [1.165, 1.54) is 4.90 Å². The lowest BCUT2D eigenvalue weighted by atomic mass is 9.81. The number of imide groups is 1. The van der Waals surface area contributed by atoms with E-state index in [2.05, 4.69) is 4.90 Å². The molecule has 126 valence electrons. The maximum atomic E-state index is 12.4. The molecule has 2 heterocycles. The monoisotopic (exact) mass is 328 g/mol. The van der Waals surface area contributed by atoms with Crippen LogP contribution >= 0.6 is 0 Å². The Kier molecular flexibility index (Phi) is 3.46. The average Bonchev–Trinajstić information content (AvgIpc) is 3.18. The second kappa shape index (κ2) is 5.41. The van der Waals surface area contributed by atoms with Gasteiger partial charge in [0, 0.05) is 26.2 Å². The van der Waals surface area contributed by atoms with Crippen molar-refractivity contribution in [1.29, 1.82) is 0 Å². The minimum Gasteiger partial charge on any atom is -0.481 e. The van der Waals surface area contributed by atoms with E-state index < -0.39 is 11.4 Å². The van der Waals surface area contributed by atoms with Crippen LogP contribution in [0.15, 0.2) is 24.3 Å². The molecule has 1 aliphatic carbocycles. The van der Waals surface area contributed by atoms with Gasteiger partial charge in [-0.25, -0.2) is 0 Å². The quantitative estimate of drug-likeness (QED) is 0.847. The Morgan fingerprint density at radius 2 is 1.83 bits per heavy atom. The van der Waals surface area contributed by atoms with Gasteiger partial charge in [0.2, 0.25) is 0 Å². The van der Waals surface area contributed by atoms with Crippen LogP contribution in [0.4, 0.5) is 0 Å². The summed E-state index contributed by atoms with van der Waals surface area (Å²) in [5.74, 6) is -1.00. The number of benzene rings is 1. The first-order valence-electron chi connectivity index (χ1n) is 8.44. The van der Waals surface area contributed by atoms with E-state index in [4.69, 9.17) is 0 Å². The van der Waals surface area contributed by atoms with Gasteiger partial charge in [0.1, 0.15) is 0 Å². The Morgan fingerprint density at radius 3 is 2.42 bits per heavy atom. The van der Waals surface area contributed by atoms with Gasteiger partial charge in [0.25, 0.3) is 11.8 Å². The van der Waals surface area contributed by atoms with Crippen LogP contribution < -0.4 is 0 Å². The van der Waals surface area contributed by atoms with Gasteiger partial charge in [-0.3, -0.25) is 19.3 Å². The van der Waals surface area contributed by atoms with Crippen LogP contribution in [0.25, 0.3) is 0 Å². The zero-order chi connectivity index (χ0) is 16.9. The minimum atomic E-state index is -0.701. The molecule has 2 atom stereocenters. The molecule has 24 heavy (non-hydrogen) atoms. The Hall–Kier alpha value is -2.21. The highest BCUT2D eigenvalue weighted by Crippen LogP contribution is 2.48. The van der Waals surface area contributed by atoms with Crippen LogP contribution in [0.1, 0.15) is 40.0 Å². The third-order valence-electron chi connectivity index (χ3n) is 5.89. The summed E-state index contributed by atoms with van der Waals surface area (Å²) in [6.45, 7) is 2.12. The van der Waals surface area contributed by atoms with Crippen LogP contribution in [0.5, 0.6) is 0 Å². The van der Waals surface area contributed by atoms with Crippen LogP contribution in [-0.4, -0.2) is 58.9 Å². The normalized spacial score (nSPS) is 29.2. The standard InChI is InChI=1S/C18H20N2O4/c21-15-13-5-1-2-6-14(13)16(22)20(15)9-8-19-10-12-4-3-7-18(12,11-19)17(23)24/h1-2,5-6,12H,3-4,7-11H2,(H,23,24)/t12-,18+/m0/s1. The lowest BCUT2D eigenvalue weighted by molar-refractivity contribution is -0.149. The average molecular weight is 328 g/mol. The third-order valence-corrected chi connectivity index (χ3v) is 5.89. The summed E-state index contributed by atoms with van der Waals surface area (Å²) < 4.78 is 0. The minimum absolute atomic E-state index is 0.192. The van der Waals surface area contributed by atoms with Crippen molar-refractivity contribution >= 4 is 17.8 Å². The number of nitrogens with zero attached hydrogens (tertiary/aromatic N) is 2. The molecule has 2 amide bonds. The molecular weight excluding hydrogens is 308 g/mol. The molecule has 1 aromatic carbocycles. The molecule has 1 saturated heterocycles. The molecule has 1 aromatic rings. The molecule has 0 unspecified atom stereocenters. The molecule has 2 fully saturated rings. The molecule has 4 rings (SSSR count). The first kappa shape index (κ1) is 15.3. The number of carboxylic acid groups (broad SMARTS) is 1. The largest absolute Gasteiger partial charge is 0.481 e. The van der Waals surface area contributed by atoms with Crippen molar-refractivity contribution in [1.82, 2.24) is 9.80 Å². The van der Waals surface area contributed by atoms with E-state index in [-0.39, 0.29) is 17.7 Å². The van der Waals surface area contributed by atoms with Gasteiger partial charge in [-0.05, 0) is 30.9 Å². The Bertz CT molecular complexity index is 696. The fourth-order valence-corrected chi connectivity index (χ4v) is 4.60. The number of amides is 2. The molecule has 6 nitrogen and oxygen atoms in total. The molecular formula is C18H20N2O4. The van der Waals surface area contributed by atoms with Crippen molar-refractivity contribution in [2.75, 3.05) is 26.2 Å². The highest BCUT2D eigenvalue weighted by molar-refractivity contribution is 6.21. The molecule has 0 radical (unpaired) electrons. The number of likely N-dealkylation sites (tertiary alicyclic amines) is 1. The predicted octanol–water partition coefficient (Wildman–Crippen LogP) is 1.47. The second-order valence-electron chi connectivity index (χ2n) is 7.09. The van der Waals surface area contributed by atoms with Gasteiger partial charge >= 0.3 is 5.97 Å². The van der Waals surface area contributed by atoms with E-state index in [0.717, 1.165) is 25.8 Å². The highest BCUT2D eigenvalue weighted by Gasteiger charge is 2.54. The summed E-state index contributed by atoms with van der Waals surface area (Å²) in [6, 6.07) is 6.86. The Balaban J connectivity index is 1.43. The third kappa shape index (κ3) is 2.09. The van der Waals surface area contributed by atoms with Gasteiger partial charge in [0.15, 0.2) is 0 Å². The number of aliphatic carboxylic acids is 1. The molecule has 2 aliphatic heterocycles. The van der Waals surface area contributed by atoms with Gasteiger partial charge in [-0.15, -0.1) is 0 Å². The Labute approximate surface area is 140 Å². The van der Waals surface area contributed by atoms with Crippen molar-refractivity contribution in [3.05, 3.63) is 35.4 Å². The van der Waals surface area contributed by atoms with Gasteiger partial charge < -0.3 is 10.0 Å². The molecule has 0 aromatic heterocycles. The number of hydrogen-bond donors (Lipinski definition) is 1. The first-order chi connectivity index (χ1) is 11.5. The summed E-state index contributed by atoms with van der Waals surface area (Å²) in [5, 5.41) is 9.63. The summed E-state index contributed by atoms with van der Waals surface area (Å²) in [6.07, 6.45) is 2.66. The lowest BCUT2D eigenvalue weighted by Gasteiger charge is -2.24. The fourth-order valence-electron chi connectivity index (χ4n) is 4.60. The van der Waals surface area contributed by atoms with Crippen LogP contribution in [0.2, 0.25) is 0 Å². The van der Waals surface area contributed by atoms with Crippen LogP contribution in [-0.2, 0) is 4.79 Å². The molecule has 0 spiro atoms. The zero-order valence-corrected chi connectivity index (χ0v) is 13.4. The topological polar surface area (TPSA) is 77.9 Å². The van der Waals surface area contributed by atoms with Crippen molar-refractivity contribution in [2.24, 2.45) is 11.3 Å². The second-order valence-corrected chi connectivity index (χ2v) is 7.09. The van der Waals surface area contributed by atoms with Crippen molar-refractivity contribution < 1.29 is 19.5 Å². The maximum absolute atomic E-state index is 12.4. The van der Waals surface area contributed by atoms with E-state index in [1.54, 1.807) is 24.3 Å². The number of rotatable bonds is 4. The number of carboxylic acids is 1. The summed E-state index contributed by atoms with van der Waals surface area (Å²) >= 11 is 0. The Morgan fingerprint density at radius 1 is 1.17 bits per heavy atom. The van der Waals surface area contributed by atoms with E-state index in [0.29, 0.717) is 30.8 Å². The van der Waals surface area contributed by atoms with E-state index in [9.17, 15) is 19.5 Å².